The van der Waals surface area contributed by atoms with Crippen molar-refractivity contribution in [3.63, 3.8) is 0 Å². The summed E-state index contributed by atoms with van der Waals surface area (Å²) in [4.78, 5) is 0. The third-order valence-electron chi connectivity index (χ3n) is 8.58. The normalized spacial score (nSPS) is 17.9. The molecule has 1 N–H and O–H groups in total. The summed E-state index contributed by atoms with van der Waals surface area (Å²) in [7, 11) is 1.59. The molecule has 0 atom stereocenters. The first-order valence-corrected chi connectivity index (χ1v) is 15.2. The van der Waals surface area contributed by atoms with Crippen molar-refractivity contribution in [3.8, 4) is 16.9 Å². The van der Waals surface area contributed by atoms with Crippen molar-refractivity contribution >= 4 is 24.0 Å². The van der Waals surface area contributed by atoms with Gasteiger partial charge in [0.05, 0.1) is 13.7 Å². The Bertz CT molecular complexity index is 1150. The van der Waals surface area contributed by atoms with Gasteiger partial charge in [-0.25, -0.2) is 0 Å². The van der Waals surface area contributed by atoms with Crippen LogP contribution in [0.1, 0.15) is 80.9 Å². The average molecular weight is 489 g/mol. The maximum atomic E-state index is 10.0. The van der Waals surface area contributed by atoms with Crippen LogP contribution in [-0.4, -0.2) is 23.5 Å². The lowest BCUT2D eigenvalue weighted by atomic mass is 9.89. The molecule has 0 spiro atoms. The Kier molecular flexibility index (Phi) is 7.80. The predicted molar refractivity (Wildman–Crippen MR) is 152 cm³/mol. The molecule has 0 aliphatic heterocycles. The second-order valence-corrected chi connectivity index (χ2v) is 13.4. The summed E-state index contributed by atoms with van der Waals surface area (Å²) in [6, 6.07) is 15.3. The minimum Gasteiger partial charge on any atom is -0.496 e. The van der Waals surface area contributed by atoms with E-state index >= 15 is 0 Å². The third kappa shape index (κ3) is 4.77. The molecule has 3 aromatic rings. The molecule has 0 bridgehead atoms. The lowest BCUT2D eigenvalue weighted by Crippen LogP contribution is -2.28. The maximum absolute atomic E-state index is 10.0. The van der Waals surface area contributed by atoms with E-state index < -0.39 is 0 Å². The Balaban J connectivity index is 1.72. The second kappa shape index (κ2) is 11.0. The van der Waals surface area contributed by atoms with Gasteiger partial charge >= 0.3 is 0 Å². The summed E-state index contributed by atoms with van der Waals surface area (Å²) in [6.45, 7) is 4.64. The lowest BCUT2D eigenvalue weighted by molar-refractivity contribution is 0.283. The second-order valence-electron chi connectivity index (χ2n) is 10.7. The number of rotatable bonds is 6. The van der Waals surface area contributed by atoms with Gasteiger partial charge in [0.1, 0.15) is 5.75 Å². The molecule has 0 heterocycles. The van der Waals surface area contributed by atoms with Crippen LogP contribution in [0.2, 0.25) is 0 Å². The quantitative estimate of drug-likeness (QED) is 0.353. The molecule has 2 nitrogen and oxygen atoms in total. The van der Waals surface area contributed by atoms with Gasteiger partial charge in [0.2, 0.25) is 0 Å². The van der Waals surface area contributed by atoms with Gasteiger partial charge in [-0.3, -0.25) is 0 Å². The first kappa shape index (κ1) is 24.8. The molecule has 2 aliphatic carbocycles. The number of ether oxygens (including phenoxy) is 1. The SMILES string of the molecule is COc1ccc(-c2c(C)cc(CO)c3ccccc23)c(C)c1P(C1CCCCC1)C1CCCCC1. The molecule has 3 aromatic carbocycles. The van der Waals surface area contributed by atoms with Crippen LogP contribution in [0.5, 0.6) is 5.75 Å². The monoisotopic (exact) mass is 488 g/mol. The summed E-state index contributed by atoms with van der Waals surface area (Å²) in [5.41, 5.74) is 8.02. The number of aliphatic hydroxyl groups excluding tert-OH is 1. The standard InChI is InChI=1S/C32H41O2P/c1-22-20-24(21-33)28-16-10-11-17-29(28)31(22)27-18-19-30(34-3)32(23(27)2)35(25-12-6-4-7-13-25)26-14-8-5-9-15-26/h10-11,16-20,25-26,33H,4-9,12-15,21H2,1-3H3. The molecule has 186 valence electrons. The van der Waals surface area contributed by atoms with Crippen molar-refractivity contribution in [3.05, 3.63) is 59.2 Å². The van der Waals surface area contributed by atoms with E-state index in [1.807, 2.05) is 7.11 Å². The first-order valence-electron chi connectivity index (χ1n) is 13.7. The van der Waals surface area contributed by atoms with Gasteiger partial charge in [-0.15, -0.1) is 0 Å². The zero-order valence-electron chi connectivity index (χ0n) is 21.8. The highest BCUT2D eigenvalue weighted by atomic mass is 31.1. The Labute approximate surface area is 212 Å². The van der Waals surface area contributed by atoms with E-state index in [9.17, 15) is 5.11 Å². The van der Waals surface area contributed by atoms with Gasteiger partial charge in [-0.1, -0.05) is 82.8 Å². The van der Waals surface area contributed by atoms with Crippen molar-refractivity contribution in [2.75, 3.05) is 7.11 Å². The molecule has 2 saturated carbocycles. The van der Waals surface area contributed by atoms with Crippen LogP contribution in [0.25, 0.3) is 21.9 Å². The molecule has 35 heavy (non-hydrogen) atoms. The minimum atomic E-state index is -0.273. The van der Waals surface area contributed by atoms with Crippen LogP contribution < -0.4 is 10.0 Å². The van der Waals surface area contributed by atoms with Crippen LogP contribution in [0.15, 0.2) is 42.5 Å². The van der Waals surface area contributed by atoms with Crippen LogP contribution in [0.3, 0.4) is 0 Å². The number of methoxy groups -OCH3 is 1. The fourth-order valence-electron chi connectivity index (χ4n) is 6.91. The van der Waals surface area contributed by atoms with E-state index in [0.717, 1.165) is 28.0 Å². The summed E-state index contributed by atoms with van der Waals surface area (Å²) in [5, 5.41) is 14.0. The van der Waals surface area contributed by atoms with Gasteiger partial charge in [-0.05, 0) is 95.5 Å². The van der Waals surface area contributed by atoms with E-state index in [2.05, 4.69) is 56.3 Å². The molecular formula is C32H41O2P. The molecule has 2 aliphatic rings. The summed E-state index contributed by atoms with van der Waals surface area (Å²) < 4.78 is 6.12. The Morgan fingerprint density at radius 1 is 0.829 bits per heavy atom. The van der Waals surface area contributed by atoms with Gasteiger partial charge in [0.15, 0.2) is 0 Å². The lowest BCUT2D eigenvalue weighted by Gasteiger charge is -2.40. The van der Waals surface area contributed by atoms with Crippen molar-refractivity contribution in [1.82, 2.24) is 0 Å². The van der Waals surface area contributed by atoms with Crippen molar-refractivity contribution in [2.24, 2.45) is 0 Å². The van der Waals surface area contributed by atoms with E-state index in [0.29, 0.717) is 0 Å². The number of benzene rings is 3. The number of aryl methyl sites for hydroxylation is 1. The van der Waals surface area contributed by atoms with Gasteiger partial charge < -0.3 is 9.84 Å². The molecule has 0 unspecified atom stereocenters. The van der Waals surface area contributed by atoms with E-state index in [1.54, 1.807) is 5.30 Å². The largest absolute Gasteiger partial charge is 0.496 e. The number of aliphatic hydroxyl groups is 1. The number of fused-ring (bicyclic) bond motifs is 1. The third-order valence-corrected chi connectivity index (χ3v) is 12.3. The fraction of sp³-hybridized carbons (Fsp3) is 0.500. The maximum Gasteiger partial charge on any atom is 0.126 e. The van der Waals surface area contributed by atoms with Gasteiger partial charge in [0, 0.05) is 5.30 Å². The highest BCUT2D eigenvalue weighted by Gasteiger charge is 2.35. The van der Waals surface area contributed by atoms with Crippen LogP contribution >= 0.6 is 7.92 Å². The highest BCUT2D eigenvalue weighted by molar-refractivity contribution is 7.67. The Morgan fingerprint density at radius 2 is 1.43 bits per heavy atom. The average Bonchev–Trinajstić information content (AvgIpc) is 2.91. The zero-order chi connectivity index (χ0) is 24.4. The van der Waals surface area contributed by atoms with Crippen LogP contribution in [-0.2, 0) is 6.61 Å². The summed E-state index contributed by atoms with van der Waals surface area (Å²) in [5.74, 6) is 1.11. The predicted octanol–water partition coefficient (Wildman–Crippen LogP) is 8.40. The van der Waals surface area contributed by atoms with Crippen LogP contribution in [0, 0.1) is 13.8 Å². The van der Waals surface area contributed by atoms with Gasteiger partial charge in [-0.2, -0.15) is 0 Å². The molecule has 2 fully saturated rings. The molecule has 0 radical (unpaired) electrons. The summed E-state index contributed by atoms with van der Waals surface area (Å²) >= 11 is 0. The van der Waals surface area contributed by atoms with Crippen molar-refractivity contribution in [1.29, 1.82) is 0 Å². The molecule has 0 aromatic heterocycles. The smallest absolute Gasteiger partial charge is 0.126 e. The van der Waals surface area contributed by atoms with Crippen molar-refractivity contribution in [2.45, 2.75) is 96.0 Å². The fourth-order valence-corrected chi connectivity index (χ4v) is 11.0. The topological polar surface area (TPSA) is 29.5 Å². The zero-order valence-corrected chi connectivity index (χ0v) is 22.7. The number of hydrogen-bond donors (Lipinski definition) is 1. The Hall–Kier alpha value is -1.89. The van der Waals surface area contributed by atoms with E-state index in [-0.39, 0.29) is 14.5 Å². The van der Waals surface area contributed by atoms with E-state index in [4.69, 9.17) is 4.74 Å². The Morgan fingerprint density at radius 3 is 2.00 bits per heavy atom. The highest BCUT2D eigenvalue weighted by Crippen LogP contribution is 2.57. The summed E-state index contributed by atoms with van der Waals surface area (Å²) in [6.07, 6.45) is 13.9. The minimum absolute atomic E-state index is 0.0726. The van der Waals surface area contributed by atoms with Gasteiger partial charge in [0.25, 0.3) is 0 Å². The molecule has 0 amide bonds. The first-order chi connectivity index (χ1) is 17.1. The van der Waals surface area contributed by atoms with Crippen LogP contribution in [0.4, 0.5) is 0 Å². The number of hydrogen-bond acceptors (Lipinski definition) is 2. The molecular weight excluding hydrogens is 447 g/mol. The van der Waals surface area contributed by atoms with E-state index in [1.165, 1.54) is 91.8 Å². The van der Waals surface area contributed by atoms with Crippen molar-refractivity contribution < 1.29 is 9.84 Å². The molecule has 3 heteroatoms. The molecule has 5 rings (SSSR count). The molecule has 0 saturated heterocycles.